The average molecular weight is 367 g/mol. The molecule has 4 heteroatoms. The normalized spacial score (nSPS) is 27.1. The van der Waals surface area contributed by atoms with Gasteiger partial charge in [0.25, 0.3) is 0 Å². The number of rotatable bonds is 6. The van der Waals surface area contributed by atoms with E-state index in [-0.39, 0.29) is 5.41 Å². The monoisotopic (exact) mass is 366 g/mol. The van der Waals surface area contributed by atoms with Gasteiger partial charge in [-0.3, -0.25) is 9.80 Å². The molecule has 2 fully saturated rings. The van der Waals surface area contributed by atoms with Crippen LogP contribution in [0.1, 0.15) is 30.4 Å². The lowest BCUT2D eigenvalue weighted by molar-refractivity contribution is -0.0737. The third-order valence-electron chi connectivity index (χ3n) is 6.38. The molecule has 0 unspecified atom stereocenters. The first kappa shape index (κ1) is 18.5. The van der Waals surface area contributed by atoms with Crippen molar-refractivity contribution in [2.75, 3.05) is 32.8 Å². The number of aliphatic hydroxyl groups is 1. The fourth-order valence-corrected chi connectivity index (χ4v) is 4.82. The van der Waals surface area contributed by atoms with E-state index in [4.69, 9.17) is 4.42 Å². The van der Waals surface area contributed by atoms with E-state index in [1.165, 1.54) is 17.5 Å². The highest BCUT2D eigenvalue weighted by Gasteiger charge is 2.47. The molecule has 144 valence electrons. The summed E-state index contributed by atoms with van der Waals surface area (Å²) < 4.78 is 5.23. The van der Waals surface area contributed by atoms with Gasteiger partial charge >= 0.3 is 0 Å². The number of benzene rings is 1. The van der Waals surface area contributed by atoms with Gasteiger partial charge in [0, 0.05) is 36.7 Å². The first-order chi connectivity index (χ1) is 13.3. The molecule has 1 aromatic heterocycles. The molecule has 4 rings (SSSR count). The van der Waals surface area contributed by atoms with Gasteiger partial charge in [0.05, 0.1) is 19.1 Å². The van der Waals surface area contributed by atoms with Gasteiger partial charge in [0.2, 0.25) is 0 Å². The molecule has 0 aliphatic carbocycles. The molecule has 2 aliphatic heterocycles. The van der Waals surface area contributed by atoms with E-state index < -0.39 is 0 Å². The third kappa shape index (κ3) is 4.18. The zero-order valence-corrected chi connectivity index (χ0v) is 16.0. The topological polar surface area (TPSA) is 39.9 Å². The Hall–Kier alpha value is -1.88. The van der Waals surface area contributed by atoms with E-state index in [1.807, 2.05) is 12.3 Å². The summed E-state index contributed by atoms with van der Waals surface area (Å²) in [5.74, 6) is 0. The van der Waals surface area contributed by atoms with E-state index >= 15 is 0 Å². The lowest BCUT2D eigenvalue weighted by Gasteiger charge is -2.54. The van der Waals surface area contributed by atoms with Gasteiger partial charge in [-0.15, -0.1) is 0 Å². The summed E-state index contributed by atoms with van der Waals surface area (Å²) in [6, 6.07) is 12.9. The van der Waals surface area contributed by atoms with Crippen molar-refractivity contribution in [2.24, 2.45) is 5.41 Å². The van der Waals surface area contributed by atoms with Crippen LogP contribution in [0.3, 0.4) is 0 Å². The molecule has 2 saturated heterocycles. The molecular weight excluding hydrogens is 336 g/mol. The van der Waals surface area contributed by atoms with Crippen molar-refractivity contribution >= 4 is 6.08 Å². The zero-order valence-electron chi connectivity index (χ0n) is 16.0. The first-order valence-electron chi connectivity index (χ1n) is 10.1. The van der Waals surface area contributed by atoms with E-state index in [9.17, 15) is 5.11 Å². The SMILES string of the molecule is OC[C@]12CCCN(CC=Cc3ccccc3)[C@@H]1CN(Cc1ccoc1)CC2. The highest BCUT2D eigenvalue weighted by molar-refractivity contribution is 5.48. The Bertz CT molecular complexity index is 728. The van der Waals surface area contributed by atoms with Crippen molar-refractivity contribution in [2.45, 2.75) is 31.8 Å². The minimum Gasteiger partial charge on any atom is -0.472 e. The van der Waals surface area contributed by atoms with Crippen LogP contribution >= 0.6 is 0 Å². The Kier molecular flexibility index (Phi) is 5.77. The van der Waals surface area contributed by atoms with Gasteiger partial charge in [-0.25, -0.2) is 0 Å². The van der Waals surface area contributed by atoms with E-state index in [0.717, 1.165) is 45.6 Å². The Labute approximate surface area is 162 Å². The number of aliphatic hydroxyl groups excluding tert-OH is 1. The van der Waals surface area contributed by atoms with Crippen LogP contribution in [0.4, 0.5) is 0 Å². The average Bonchev–Trinajstić information content (AvgIpc) is 3.22. The molecule has 27 heavy (non-hydrogen) atoms. The predicted molar refractivity (Wildman–Crippen MR) is 108 cm³/mol. The molecule has 0 bridgehead atoms. The van der Waals surface area contributed by atoms with Gasteiger partial charge in [0.15, 0.2) is 0 Å². The summed E-state index contributed by atoms with van der Waals surface area (Å²) >= 11 is 0. The molecule has 3 heterocycles. The zero-order chi connectivity index (χ0) is 18.5. The standard InChI is InChI=1S/C23H30N2O2/c26-19-23-10-5-13-25(12-4-8-20-6-2-1-3-7-20)22(23)17-24(14-11-23)16-21-9-15-27-18-21/h1-4,6-9,15,18,22,26H,5,10-14,16-17,19H2/t22-,23-/m1/s1. The van der Waals surface area contributed by atoms with Crippen molar-refractivity contribution in [3.63, 3.8) is 0 Å². The quantitative estimate of drug-likeness (QED) is 0.847. The molecule has 1 N–H and O–H groups in total. The number of likely N-dealkylation sites (tertiary alicyclic amines) is 2. The molecule has 0 radical (unpaired) electrons. The van der Waals surface area contributed by atoms with Gasteiger partial charge < -0.3 is 9.52 Å². The fraction of sp³-hybridized carbons (Fsp3) is 0.478. The lowest BCUT2D eigenvalue weighted by Crippen LogP contribution is -2.62. The molecular formula is C23H30N2O2. The van der Waals surface area contributed by atoms with Crippen LogP contribution in [0.5, 0.6) is 0 Å². The molecule has 0 amide bonds. The summed E-state index contributed by atoms with van der Waals surface area (Å²) in [6.45, 7) is 5.37. The Morgan fingerprint density at radius 3 is 2.81 bits per heavy atom. The van der Waals surface area contributed by atoms with E-state index in [2.05, 4.69) is 52.3 Å². The highest BCUT2D eigenvalue weighted by Crippen LogP contribution is 2.42. The van der Waals surface area contributed by atoms with Gasteiger partial charge in [0.1, 0.15) is 0 Å². The third-order valence-corrected chi connectivity index (χ3v) is 6.38. The summed E-state index contributed by atoms with van der Waals surface area (Å²) in [4.78, 5) is 5.10. The Balaban J connectivity index is 1.45. The molecule has 0 spiro atoms. The maximum atomic E-state index is 10.3. The van der Waals surface area contributed by atoms with Crippen molar-refractivity contribution in [1.82, 2.24) is 9.80 Å². The van der Waals surface area contributed by atoms with Crippen LogP contribution < -0.4 is 0 Å². The molecule has 2 aromatic rings. The second kappa shape index (κ2) is 8.42. The summed E-state index contributed by atoms with van der Waals surface area (Å²) in [7, 11) is 0. The molecule has 1 aromatic carbocycles. The minimum absolute atomic E-state index is 0.0612. The molecule has 2 aliphatic rings. The van der Waals surface area contributed by atoms with Gasteiger partial charge in [-0.2, -0.15) is 0 Å². The molecule has 4 nitrogen and oxygen atoms in total. The lowest BCUT2D eigenvalue weighted by atomic mass is 9.69. The predicted octanol–water partition coefficient (Wildman–Crippen LogP) is 3.64. The number of nitrogens with zero attached hydrogens (tertiary/aromatic N) is 2. The summed E-state index contributed by atoms with van der Waals surface area (Å²) in [5.41, 5.74) is 2.54. The van der Waals surface area contributed by atoms with Crippen LogP contribution in [-0.4, -0.2) is 53.7 Å². The number of hydrogen-bond acceptors (Lipinski definition) is 4. The Morgan fingerprint density at radius 2 is 2.04 bits per heavy atom. The van der Waals surface area contributed by atoms with Crippen LogP contribution in [-0.2, 0) is 6.54 Å². The molecule has 2 atom stereocenters. The second-order valence-electron chi connectivity index (χ2n) is 8.06. The molecule has 0 saturated carbocycles. The van der Waals surface area contributed by atoms with Crippen LogP contribution in [0.2, 0.25) is 0 Å². The van der Waals surface area contributed by atoms with Crippen molar-refractivity contribution in [3.8, 4) is 0 Å². The second-order valence-corrected chi connectivity index (χ2v) is 8.06. The first-order valence-corrected chi connectivity index (χ1v) is 10.1. The maximum Gasteiger partial charge on any atom is 0.0947 e. The summed E-state index contributed by atoms with van der Waals surface area (Å²) in [5, 5.41) is 10.3. The number of fused-ring (bicyclic) bond motifs is 1. The van der Waals surface area contributed by atoms with E-state index in [1.54, 1.807) is 6.26 Å². The Morgan fingerprint density at radius 1 is 1.15 bits per heavy atom. The number of piperidine rings is 2. The smallest absolute Gasteiger partial charge is 0.0947 e. The number of furan rings is 1. The maximum absolute atomic E-state index is 10.3. The van der Waals surface area contributed by atoms with Crippen molar-refractivity contribution < 1.29 is 9.52 Å². The van der Waals surface area contributed by atoms with Crippen LogP contribution in [0.25, 0.3) is 6.08 Å². The van der Waals surface area contributed by atoms with Gasteiger partial charge in [-0.1, -0.05) is 42.5 Å². The number of hydrogen-bond donors (Lipinski definition) is 1. The highest BCUT2D eigenvalue weighted by atomic mass is 16.3. The van der Waals surface area contributed by atoms with Crippen molar-refractivity contribution in [1.29, 1.82) is 0 Å². The largest absolute Gasteiger partial charge is 0.472 e. The summed E-state index contributed by atoms with van der Waals surface area (Å²) in [6.07, 6.45) is 11.5. The minimum atomic E-state index is 0.0612. The van der Waals surface area contributed by atoms with Gasteiger partial charge in [-0.05, 0) is 44.0 Å². The van der Waals surface area contributed by atoms with E-state index in [0.29, 0.717) is 12.6 Å². The van der Waals surface area contributed by atoms with Crippen molar-refractivity contribution in [3.05, 3.63) is 66.1 Å². The van der Waals surface area contributed by atoms with Crippen LogP contribution in [0.15, 0.2) is 59.4 Å². The fourth-order valence-electron chi connectivity index (χ4n) is 4.82. The van der Waals surface area contributed by atoms with Crippen LogP contribution in [0, 0.1) is 5.41 Å².